The third-order valence-corrected chi connectivity index (χ3v) is 3.24. The summed E-state index contributed by atoms with van der Waals surface area (Å²) in [5, 5.41) is 8.14. The van der Waals surface area contributed by atoms with Crippen molar-refractivity contribution in [1.29, 1.82) is 0 Å². The molecule has 2 aromatic rings. The zero-order chi connectivity index (χ0) is 14.7. The molecule has 1 aromatic heterocycles. The number of aromatic nitrogens is 2. The van der Waals surface area contributed by atoms with Gasteiger partial charge in [-0.25, -0.2) is 0 Å². The SMILES string of the molecule is COc1ccc(C(N)c2cc(C)nnc2C)cc1OC. The van der Waals surface area contributed by atoms with E-state index in [0.29, 0.717) is 11.5 Å². The lowest BCUT2D eigenvalue weighted by molar-refractivity contribution is 0.354. The number of hydrogen-bond acceptors (Lipinski definition) is 5. The topological polar surface area (TPSA) is 70.3 Å². The summed E-state index contributed by atoms with van der Waals surface area (Å²) >= 11 is 0. The smallest absolute Gasteiger partial charge is 0.161 e. The van der Waals surface area contributed by atoms with Crippen LogP contribution in [0.15, 0.2) is 24.3 Å². The predicted molar refractivity (Wildman–Crippen MR) is 77.1 cm³/mol. The van der Waals surface area contributed by atoms with Crippen molar-refractivity contribution in [3.63, 3.8) is 0 Å². The second-order valence-corrected chi connectivity index (χ2v) is 4.62. The Morgan fingerprint density at radius 3 is 2.35 bits per heavy atom. The molecule has 0 aliphatic carbocycles. The summed E-state index contributed by atoms with van der Waals surface area (Å²) in [4.78, 5) is 0. The summed E-state index contributed by atoms with van der Waals surface area (Å²) in [5.74, 6) is 1.35. The molecule has 0 fully saturated rings. The molecule has 1 atom stereocenters. The summed E-state index contributed by atoms with van der Waals surface area (Å²) in [6.07, 6.45) is 0. The third-order valence-electron chi connectivity index (χ3n) is 3.24. The lowest BCUT2D eigenvalue weighted by Gasteiger charge is -2.16. The van der Waals surface area contributed by atoms with Crippen LogP contribution in [0.3, 0.4) is 0 Å². The van der Waals surface area contributed by atoms with Gasteiger partial charge in [0.05, 0.1) is 31.6 Å². The Kier molecular flexibility index (Phi) is 4.20. The summed E-state index contributed by atoms with van der Waals surface area (Å²) in [6, 6.07) is 7.36. The molecule has 0 aliphatic heterocycles. The van der Waals surface area contributed by atoms with Gasteiger partial charge in [0.15, 0.2) is 11.5 Å². The maximum Gasteiger partial charge on any atom is 0.161 e. The highest BCUT2D eigenvalue weighted by molar-refractivity contribution is 5.46. The van der Waals surface area contributed by atoms with E-state index in [2.05, 4.69) is 10.2 Å². The minimum absolute atomic E-state index is 0.274. The monoisotopic (exact) mass is 273 g/mol. The maximum absolute atomic E-state index is 6.34. The van der Waals surface area contributed by atoms with Gasteiger partial charge in [-0.1, -0.05) is 6.07 Å². The van der Waals surface area contributed by atoms with Crippen LogP contribution in [0.1, 0.15) is 28.6 Å². The average molecular weight is 273 g/mol. The van der Waals surface area contributed by atoms with E-state index in [9.17, 15) is 0 Å². The van der Waals surface area contributed by atoms with E-state index in [1.54, 1.807) is 14.2 Å². The molecule has 0 bridgehead atoms. The molecule has 5 heteroatoms. The molecule has 20 heavy (non-hydrogen) atoms. The van der Waals surface area contributed by atoms with E-state index in [1.165, 1.54) is 0 Å². The number of methoxy groups -OCH3 is 2. The Balaban J connectivity index is 2.42. The molecule has 0 saturated carbocycles. The van der Waals surface area contributed by atoms with Crippen molar-refractivity contribution in [3.05, 3.63) is 46.8 Å². The third kappa shape index (κ3) is 2.72. The molecule has 5 nitrogen and oxygen atoms in total. The first-order chi connectivity index (χ1) is 9.56. The molecule has 1 aromatic carbocycles. The Bertz CT molecular complexity index is 614. The minimum Gasteiger partial charge on any atom is -0.493 e. The zero-order valence-corrected chi connectivity index (χ0v) is 12.2. The van der Waals surface area contributed by atoms with Crippen molar-refractivity contribution in [2.24, 2.45) is 5.73 Å². The quantitative estimate of drug-likeness (QED) is 0.924. The number of benzene rings is 1. The van der Waals surface area contributed by atoms with Gasteiger partial charge in [-0.2, -0.15) is 10.2 Å². The Hall–Kier alpha value is -2.14. The largest absolute Gasteiger partial charge is 0.493 e. The summed E-state index contributed by atoms with van der Waals surface area (Å²) < 4.78 is 10.5. The second kappa shape index (κ2) is 5.88. The lowest BCUT2D eigenvalue weighted by Crippen LogP contribution is -2.15. The summed E-state index contributed by atoms with van der Waals surface area (Å²) in [5.41, 5.74) is 9.92. The van der Waals surface area contributed by atoms with Gasteiger partial charge in [0, 0.05) is 0 Å². The molecule has 1 heterocycles. The standard InChI is InChI=1S/C15H19N3O2/c1-9-7-12(10(2)18-17-9)15(16)11-5-6-13(19-3)14(8-11)20-4/h5-8,15H,16H2,1-4H3. The summed E-state index contributed by atoms with van der Waals surface area (Å²) in [7, 11) is 3.22. The van der Waals surface area contributed by atoms with E-state index in [4.69, 9.17) is 15.2 Å². The van der Waals surface area contributed by atoms with E-state index in [1.807, 2.05) is 38.1 Å². The molecule has 0 amide bonds. The highest BCUT2D eigenvalue weighted by Gasteiger charge is 2.15. The van der Waals surface area contributed by atoms with Gasteiger partial charge in [0.25, 0.3) is 0 Å². The first kappa shape index (κ1) is 14.3. The van der Waals surface area contributed by atoms with Gasteiger partial charge in [0.2, 0.25) is 0 Å². The molecule has 2 rings (SSSR count). The first-order valence-electron chi connectivity index (χ1n) is 6.35. The number of nitrogens with zero attached hydrogens (tertiary/aromatic N) is 2. The lowest BCUT2D eigenvalue weighted by atomic mass is 9.98. The van der Waals surface area contributed by atoms with E-state index < -0.39 is 0 Å². The number of nitrogens with two attached hydrogens (primary N) is 1. The summed E-state index contributed by atoms with van der Waals surface area (Å²) in [6.45, 7) is 3.81. The Labute approximate surface area is 118 Å². The fourth-order valence-corrected chi connectivity index (χ4v) is 2.11. The van der Waals surface area contributed by atoms with E-state index in [-0.39, 0.29) is 6.04 Å². The highest BCUT2D eigenvalue weighted by Crippen LogP contribution is 2.31. The van der Waals surface area contributed by atoms with Crippen LogP contribution < -0.4 is 15.2 Å². The van der Waals surface area contributed by atoms with Crippen molar-refractivity contribution in [2.45, 2.75) is 19.9 Å². The normalized spacial score (nSPS) is 12.1. The van der Waals surface area contributed by atoms with Crippen LogP contribution in [0.4, 0.5) is 0 Å². The van der Waals surface area contributed by atoms with Crippen molar-refractivity contribution in [3.8, 4) is 11.5 Å². The Morgan fingerprint density at radius 1 is 1.00 bits per heavy atom. The molecule has 0 radical (unpaired) electrons. The van der Waals surface area contributed by atoms with Crippen LogP contribution >= 0.6 is 0 Å². The Morgan fingerprint density at radius 2 is 1.70 bits per heavy atom. The predicted octanol–water partition coefficient (Wildman–Crippen LogP) is 2.16. The van der Waals surface area contributed by atoms with Crippen molar-refractivity contribution < 1.29 is 9.47 Å². The number of aryl methyl sites for hydroxylation is 2. The number of hydrogen-bond donors (Lipinski definition) is 1. The van der Waals surface area contributed by atoms with Gasteiger partial charge in [-0.05, 0) is 43.2 Å². The number of ether oxygens (including phenoxy) is 2. The molecular weight excluding hydrogens is 254 g/mol. The molecule has 0 spiro atoms. The van der Waals surface area contributed by atoms with Gasteiger partial charge in [0.1, 0.15) is 0 Å². The van der Waals surface area contributed by atoms with Crippen LogP contribution in [-0.2, 0) is 0 Å². The van der Waals surface area contributed by atoms with E-state index >= 15 is 0 Å². The van der Waals surface area contributed by atoms with Crippen molar-refractivity contribution >= 4 is 0 Å². The van der Waals surface area contributed by atoms with E-state index in [0.717, 1.165) is 22.5 Å². The van der Waals surface area contributed by atoms with Crippen LogP contribution in [0.2, 0.25) is 0 Å². The van der Waals surface area contributed by atoms with Crippen LogP contribution in [0.25, 0.3) is 0 Å². The van der Waals surface area contributed by atoms with Crippen LogP contribution in [0, 0.1) is 13.8 Å². The second-order valence-electron chi connectivity index (χ2n) is 4.62. The van der Waals surface area contributed by atoms with Crippen LogP contribution in [0.5, 0.6) is 11.5 Å². The number of rotatable bonds is 4. The molecule has 106 valence electrons. The van der Waals surface area contributed by atoms with Gasteiger partial charge in [-0.3, -0.25) is 0 Å². The minimum atomic E-state index is -0.274. The molecule has 1 unspecified atom stereocenters. The molecular formula is C15H19N3O2. The van der Waals surface area contributed by atoms with Crippen molar-refractivity contribution in [1.82, 2.24) is 10.2 Å². The maximum atomic E-state index is 6.34. The van der Waals surface area contributed by atoms with Crippen LogP contribution in [-0.4, -0.2) is 24.4 Å². The molecule has 2 N–H and O–H groups in total. The molecule has 0 aliphatic rings. The first-order valence-corrected chi connectivity index (χ1v) is 6.35. The fourth-order valence-electron chi connectivity index (χ4n) is 2.11. The highest BCUT2D eigenvalue weighted by atomic mass is 16.5. The fraction of sp³-hybridized carbons (Fsp3) is 0.333. The van der Waals surface area contributed by atoms with Gasteiger partial charge in [-0.15, -0.1) is 0 Å². The van der Waals surface area contributed by atoms with Crippen molar-refractivity contribution in [2.75, 3.05) is 14.2 Å². The zero-order valence-electron chi connectivity index (χ0n) is 12.2. The van der Waals surface area contributed by atoms with Gasteiger partial charge < -0.3 is 15.2 Å². The van der Waals surface area contributed by atoms with Gasteiger partial charge >= 0.3 is 0 Å². The molecule has 0 saturated heterocycles. The average Bonchev–Trinajstić information content (AvgIpc) is 2.48.